The lowest BCUT2D eigenvalue weighted by molar-refractivity contribution is -0.121. The molecule has 0 atom stereocenters. The average molecular weight is 375 g/mol. The van der Waals surface area contributed by atoms with E-state index in [9.17, 15) is 13.2 Å². The maximum atomic E-state index is 12.4. The molecule has 1 aromatic carbocycles. The van der Waals surface area contributed by atoms with Gasteiger partial charge in [-0.05, 0) is 36.5 Å². The molecule has 0 heterocycles. The van der Waals surface area contributed by atoms with Gasteiger partial charge in [-0.3, -0.25) is 9.10 Å². The van der Waals surface area contributed by atoms with E-state index >= 15 is 0 Å². The van der Waals surface area contributed by atoms with Crippen LogP contribution < -0.4 is 9.62 Å². The summed E-state index contributed by atoms with van der Waals surface area (Å²) in [5.74, 6) is 0.189. The second kappa shape index (κ2) is 8.21. The zero-order chi connectivity index (χ0) is 18.7. The second-order valence-corrected chi connectivity index (χ2v) is 9.05. The van der Waals surface area contributed by atoms with Gasteiger partial charge < -0.3 is 5.32 Å². The number of benzene rings is 1. The third kappa shape index (κ3) is 5.38. The Bertz CT molecular complexity index is 679. The van der Waals surface area contributed by atoms with Gasteiger partial charge in [0.2, 0.25) is 15.9 Å². The molecule has 24 heavy (non-hydrogen) atoms. The SMILES string of the molecule is Cc1c(Cl)cccc1N(CC(=O)NC(C(C)C)C(C)C)S(C)(=O)=O. The molecule has 7 heteroatoms. The highest BCUT2D eigenvalue weighted by atomic mass is 35.5. The quantitative estimate of drug-likeness (QED) is 0.796. The van der Waals surface area contributed by atoms with Crippen molar-refractivity contribution >= 4 is 33.2 Å². The lowest BCUT2D eigenvalue weighted by Crippen LogP contribution is -2.47. The van der Waals surface area contributed by atoms with E-state index in [1.807, 2.05) is 27.7 Å². The van der Waals surface area contributed by atoms with Gasteiger partial charge in [-0.1, -0.05) is 45.4 Å². The summed E-state index contributed by atoms with van der Waals surface area (Å²) in [6, 6.07) is 5.00. The van der Waals surface area contributed by atoms with Crippen LogP contribution in [0.3, 0.4) is 0 Å². The van der Waals surface area contributed by atoms with Gasteiger partial charge in [0.05, 0.1) is 11.9 Å². The van der Waals surface area contributed by atoms with Gasteiger partial charge in [0.15, 0.2) is 0 Å². The van der Waals surface area contributed by atoms with Gasteiger partial charge in [-0.25, -0.2) is 8.42 Å². The van der Waals surface area contributed by atoms with Crippen molar-refractivity contribution in [1.82, 2.24) is 5.32 Å². The Morgan fingerprint density at radius 2 is 1.75 bits per heavy atom. The minimum atomic E-state index is -3.61. The van der Waals surface area contributed by atoms with E-state index in [1.54, 1.807) is 25.1 Å². The Morgan fingerprint density at radius 3 is 2.21 bits per heavy atom. The van der Waals surface area contributed by atoms with Crippen molar-refractivity contribution in [2.45, 2.75) is 40.7 Å². The number of carbonyl (C=O) groups is 1. The summed E-state index contributed by atoms with van der Waals surface area (Å²) in [5, 5.41) is 3.41. The van der Waals surface area contributed by atoms with Crippen LogP contribution in [0.4, 0.5) is 5.69 Å². The van der Waals surface area contributed by atoms with Crippen molar-refractivity contribution in [3.05, 3.63) is 28.8 Å². The number of hydrogen-bond acceptors (Lipinski definition) is 3. The van der Waals surface area contributed by atoms with Gasteiger partial charge in [0.1, 0.15) is 6.54 Å². The number of amides is 1. The van der Waals surface area contributed by atoms with Crippen LogP contribution in [0, 0.1) is 18.8 Å². The van der Waals surface area contributed by atoms with Crippen LogP contribution in [-0.4, -0.2) is 33.2 Å². The molecule has 0 bridgehead atoms. The first-order valence-corrected chi connectivity index (χ1v) is 10.2. The molecule has 136 valence electrons. The molecule has 0 fully saturated rings. The number of nitrogens with one attached hydrogen (secondary N) is 1. The third-order valence-corrected chi connectivity index (χ3v) is 5.50. The monoisotopic (exact) mass is 374 g/mol. The molecule has 0 saturated heterocycles. The van der Waals surface area contributed by atoms with Gasteiger partial charge in [0.25, 0.3) is 0 Å². The summed E-state index contributed by atoms with van der Waals surface area (Å²) in [6.07, 6.45) is 1.09. The Morgan fingerprint density at radius 1 is 1.21 bits per heavy atom. The molecular weight excluding hydrogens is 348 g/mol. The number of halogens is 1. The van der Waals surface area contributed by atoms with E-state index in [1.165, 1.54) is 0 Å². The highest BCUT2D eigenvalue weighted by molar-refractivity contribution is 7.92. The molecule has 0 aliphatic carbocycles. The second-order valence-electron chi connectivity index (χ2n) is 6.73. The minimum absolute atomic E-state index is 0.0145. The first-order chi connectivity index (χ1) is 10.9. The van der Waals surface area contributed by atoms with E-state index in [4.69, 9.17) is 11.6 Å². The number of carbonyl (C=O) groups excluding carboxylic acids is 1. The first-order valence-electron chi connectivity index (χ1n) is 7.97. The summed E-state index contributed by atoms with van der Waals surface area (Å²) in [6.45, 7) is 9.58. The van der Waals surface area contributed by atoms with Crippen LogP contribution in [0.15, 0.2) is 18.2 Å². The highest BCUT2D eigenvalue weighted by Crippen LogP contribution is 2.28. The van der Waals surface area contributed by atoms with Crippen LogP contribution in [0.25, 0.3) is 0 Å². The molecule has 0 aliphatic rings. The van der Waals surface area contributed by atoms with E-state index in [0.717, 1.165) is 10.6 Å². The lowest BCUT2D eigenvalue weighted by Gasteiger charge is -2.29. The molecule has 0 unspecified atom stereocenters. The zero-order valence-corrected chi connectivity index (χ0v) is 16.7. The molecule has 0 spiro atoms. The summed E-state index contributed by atoms with van der Waals surface area (Å²) in [7, 11) is -3.61. The van der Waals surface area contributed by atoms with Crippen LogP contribution in [-0.2, 0) is 14.8 Å². The lowest BCUT2D eigenvalue weighted by atomic mass is 9.93. The number of nitrogens with zero attached hydrogens (tertiary/aromatic N) is 1. The largest absolute Gasteiger partial charge is 0.351 e. The predicted octanol–water partition coefficient (Wildman–Crippen LogP) is 3.21. The standard InChI is InChI=1S/C17H27ClN2O3S/c1-11(2)17(12(3)4)19-16(21)10-20(24(6,22)23)15-9-7-8-14(18)13(15)5/h7-9,11-12,17H,10H2,1-6H3,(H,19,21). The van der Waals surface area contributed by atoms with Crippen molar-refractivity contribution in [2.75, 3.05) is 17.1 Å². The zero-order valence-electron chi connectivity index (χ0n) is 15.1. The fraction of sp³-hybridized carbons (Fsp3) is 0.588. The topological polar surface area (TPSA) is 66.5 Å². The maximum Gasteiger partial charge on any atom is 0.241 e. The van der Waals surface area contributed by atoms with Crippen LogP contribution >= 0.6 is 11.6 Å². The van der Waals surface area contributed by atoms with E-state index in [2.05, 4.69) is 5.32 Å². The van der Waals surface area contributed by atoms with Crippen molar-refractivity contribution in [3.63, 3.8) is 0 Å². The molecule has 0 aromatic heterocycles. The summed E-state index contributed by atoms with van der Waals surface area (Å²) in [5.41, 5.74) is 1.05. The smallest absolute Gasteiger partial charge is 0.241 e. The Kier molecular flexibility index (Phi) is 7.10. The van der Waals surface area contributed by atoms with Gasteiger partial charge in [0, 0.05) is 11.1 Å². The average Bonchev–Trinajstić information content (AvgIpc) is 2.43. The minimum Gasteiger partial charge on any atom is -0.351 e. The normalized spacial score (nSPS) is 12.1. The molecular formula is C17H27ClN2O3S. The Hall–Kier alpha value is -1.27. The first kappa shape index (κ1) is 20.8. The van der Waals surface area contributed by atoms with E-state index in [0.29, 0.717) is 16.3 Å². The summed E-state index contributed by atoms with van der Waals surface area (Å²) >= 11 is 6.09. The van der Waals surface area contributed by atoms with Crippen LogP contribution in [0.1, 0.15) is 33.3 Å². The molecule has 0 radical (unpaired) electrons. The number of sulfonamides is 1. The van der Waals surface area contributed by atoms with E-state index in [-0.39, 0.29) is 30.3 Å². The third-order valence-electron chi connectivity index (χ3n) is 3.96. The fourth-order valence-corrected chi connectivity index (χ4v) is 3.79. The van der Waals surface area contributed by atoms with Gasteiger partial charge in [-0.15, -0.1) is 0 Å². The highest BCUT2D eigenvalue weighted by Gasteiger charge is 2.26. The molecule has 1 aromatic rings. The van der Waals surface area contributed by atoms with Crippen molar-refractivity contribution in [2.24, 2.45) is 11.8 Å². The molecule has 5 nitrogen and oxygen atoms in total. The Labute approximate surface area is 150 Å². The molecule has 1 rings (SSSR count). The molecule has 1 amide bonds. The number of hydrogen-bond donors (Lipinski definition) is 1. The van der Waals surface area contributed by atoms with Crippen LogP contribution in [0.2, 0.25) is 5.02 Å². The maximum absolute atomic E-state index is 12.4. The van der Waals surface area contributed by atoms with Crippen molar-refractivity contribution in [3.8, 4) is 0 Å². The number of anilines is 1. The van der Waals surface area contributed by atoms with E-state index < -0.39 is 10.0 Å². The van der Waals surface area contributed by atoms with Crippen LogP contribution in [0.5, 0.6) is 0 Å². The van der Waals surface area contributed by atoms with Gasteiger partial charge >= 0.3 is 0 Å². The van der Waals surface area contributed by atoms with Crippen molar-refractivity contribution in [1.29, 1.82) is 0 Å². The molecule has 1 N–H and O–H groups in total. The predicted molar refractivity (Wildman–Crippen MR) is 100.0 cm³/mol. The molecule has 0 saturated carbocycles. The fourth-order valence-electron chi connectivity index (χ4n) is 2.71. The molecule has 0 aliphatic heterocycles. The van der Waals surface area contributed by atoms with Gasteiger partial charge in [-0.2, -0.15) is 0 Å². The number of rotatable bonds is 7. The Balaban J connectivity index is 3.08. The summed E-state index contributed by atoms with van der Waals surface area (Å²) < 4.78 is 25.5. The van der Waals surface area contributed by atoms with Crippen molar-refractivity contribution < 1.29 is 13.2 Å². The summed E-state index contributed by atoms with van der Waals surface area (Å²) in [4.78, 5) is 12.4.